The van der Waals surface area contributed by atoms with Crippen LogP contribution in [0.1, 0.15) is 0 Å². The van der Waals surface area contributed by atoms with Gasteiger partial charge in [-0.2, -0.15) is 0 Å². The molecular formula is C12H15F2N3O2. The second-order valence-electron chi connectivity index (χ2n) is 4.26. The molecule has 2 rings (SSSR count). The summed E-state index contributed by atoms with van der Waals surface area (Å²) in [5, 5.41) is 2.47. The lowest BCUT2D eigenvalue weighted by Gasteiger charge is -2.25. The number of hydrogen-bond donors (Lipinski definition) is 2. The van der Waals surface area contributed by atoms with Crippen molar-refractivity contribution in [1.82, 2.24) is 4.90 Å². The number of nitrogens with zero attached hydrogens (tertiary/aromatic N) is 1. The fourth-order valence-electron chi connectivity index (χ4n) is 1.83. The molecule has 1 aromatic carbocycles. The fraction of sp³-hybridized carbons (Fsp3) is 0.417. The van der Waals surface area contributed by atoms with E-state index < -0.39 is 17.3 Å². The number of anilines is 2. The Morgan fingerprint density at radius 2 is 2.05 bits per heavy atom. The number of nitrogens with one attached hydrogen (secondary N) is 1. The Hall–Kier alpha value is -1.73. The lowest BCUT2D eigenvalue weighted by molar-refractivity contribution is -0.118. The Kier molecular flexibility index (Phi) is 4.28. The largest absolute Gasteiger partial charge is 0.395 e. The summed E-state index contributed by atoms with van der Waals surface area (Å²) < 4.78 is 31.3. The average Bonchev–Trinajstić information content (AvgIpc) is 2.41. The van der Waals surface area contributed by atoms with Crippen molar-refractivity contribution < 1.29 is 18.3 Å². The fourth-order valence-corrected chi connectivity index (χ4v) is 1.83. The van der Waals surface area contributed by atoms with E-state index in [9.17, 15) is 13.6 Å². The van der Waals surface area contributed by atoms with Crippen LogP contribution < -0.4 is 11.1 Å². The maximum atomic E-state index is 13.2. The van der Waals surface area contributed by atoms with Crippen molar-refractivity contribution in [2.24, 2.45) is 0 Å². The first-order valence-electron chi connectivity index (χ1n) is 5.91. The van der Waals surface area contributed by atoms with Crippen LogP contribution in [-0.2, 0) is 9.53 Å². The summed E-state index contributed by atoms with van der Waals surface area (Å²) in [6.07, 6.45) is 0. The van der Waals surface area contributed by atoms with Gasteiger partial charge in [0, 0.05) is 13.1 Å². The Morgan fingerprint density at radius 1 is 1.37 bits per heavy atom. The molecule has 0 bridgehead atoms. The molecule has 0 aliphatic carbocycles. The number of hydrogen-bond acceptors (Lipinski definition) is 4. The molecule has 104 valence electrons. The summed E-state index contributed by atoms with van der Waals surface area (Å²) in [4.78, 5) is 13.7. The zero-order chi connectivity index (χ0) is 13.8. The normalized spacial score (nSPS) is 16.3. The van der Waals surface area contributed by atoms with Crippen molar-refractivity contribution in [3.63, 3.8) is 0 Å². The van der Waals surface area contributed by atoms with Crippen molar-refractivity contribution in [2.75, 3.05) is 43.9 Å². The molecule has 1 saturated heterocycles. The topological polar surface area (TPSA) is 67.6 Å². The molecule has 0 saturated carbocycles. The molecule has 1 fully saturated rings. The summed E-state index contributed by atoms with van der Waals surface area (Å²) in [5.41, 5.74) is 5.09. The first-order valence-corrected chi connectivity index (χ1v) is 5.91. The van der Waals surface area contributed by atoms with E-state index >= 15 is 0 Å². The Balaban J connectivity index is 1.97. The molecular weight excluding hydrogens is 256 g/mol. The summed E-state index contributed by atoms with van der Waals surface area (Å²) in [6, 6.07) is 2.17. The molecule has 1 aliphatic heterocycles. The van der Waals surface area contributed by atoms with Crippen LogP contribution in [0.4, 0.5) is 20.2 Å². The van der Waals surface area contributed by atoms with Gasteiger partial charge in [0.1, 0.15) is 0 Å². The molecule has 19 heavy (non-hydrogen) atoms. The van der Waals surface area contributed by atoms with E-state index in [4.69, 9.17) is 10.5 Å². The molecule has 0 radical (unpaired) electrons. The molecule has 3 N–H and O–H groups in total. The number of amides is 1. The van der Waals surface area contributed by atoms with Crippen LogP contribution in [0.25, 0.3) is 0 Å². The molecule has 5 nitrogen and oxygen atoms in total. The summed E-state index contributed by atoms with van der Waals surface area (Å²) in [6.45, 7) is 2.67. The minimum absolute atomic E-state index is 0.0807. The van der Waals surface area contributed by atoms with Crippen LogP contribution in [0.5, 0.6) is 0 Å². The highest BCUT2D eigenvalue weighted by atomic mass is 19.2. The van der Waals surface area contributed by atoms with Gasteiger partial charge in [-0.3, -0.25) is 9.69 Å². The first kappa shape index (κ1) is 13.7. The number of benzene rings is 1. The van der Waals surface area contributed by atoms with Gasteiger partial charge < -0.3 is 15.8 Å². The van der Waals surface area contributed by atoms with Crippen LogP contribution in [0.15, 0.2) is 12.1 Å². The molecule has 7 heteroatoms. The van der Waals surface area contributed by atoms with Crippen molar-refractivity contribution in [3.8, 4) is 0 Å². The maximum absolute atomic E-state index is 13.2. The third-order valence-electron chi connectivity index (χ3n) is 2.88. The van der Waals surface area contributed by atoms with E-state index in [1.807, 2.05) is 4.90 Å². The predicted molar refractivity (Wildman–Crippen MR) is 66.7 cm³/mol. The molecule has 0 unspecified atom stereocenters. The van der Waals surface area contributed by atoms with E-state index in [1.165, 1.54) is 6.07 Å². The number of carbonyl (C=O) groups is 1. The quantitative estimate of drug-likeness (QED) is 0.799. The number of nitrogen functional groups attached to an aromatic ring is 1. The van der Waals surface area contributed by atoms with E-state index in [0.717, 1.165) is 6.07 Å². The summed E-state index contributed by atoms with van der Waals surface area (Å²) in [5.74, 6) is -2.51. The van der Waals surface area contributed by atoms with Gasteiger partial charge in [-0.1, -0.05) is 0 Å². The van der Waals surface area contributed by atoms with Gasteiger partial charge in [0.15, 0.2) is 11.6 Å². The maximum Gasteiger partial charge on any atom is 0.238 e. The van der Waals surface area contributed by atoms with Crippen molar-refractivity contribution >= 4 is 17.3 Å². The van der Waals surface area contributed by atoms with E-state index in [-0.39, 0.29) is 18.1 Å². The number of rotatable bonds is 3. The molecule has 1 aliphatic rings. The summed E-state index contributed by atoms with van der Waals surface area (Å²) in [7, 11) is 0. The van der Waals surface area contributed by atoms with Gasteiger partial charge in [0.2, 0.25) is 5.91 Å². The highest BCUT2D eigenvalue weighted by molar-refractivity contribution is 5.95. The predicted octanol–water partition coefficient (Wildman–Crippen LogP) is 0.818. The molecule has 1 aromatic rings. The van der Waals surface area contributed by atoms with Crippen LogP contribution in [0, 0.1) is 11.6 Å². The number of ether oxygens (including phenoxy) is 1. The molecule has 0 atom stereocenters. The monoisotopic (exact) mass is 271 g/mol. The lowest BCUT2D eigenvalue weighted by atomic mass is 10.2. The van der Waals surface area contributed by atoms with Gasteiger partial charge in [-0.15, -0.1) is 0 Å². The Labute approximate surface area is 109 Å². The summed E-state index contributed by atoms with van der Waals surface area (Å²) >= 11 is 0. The smallest absolute Gasteiger partial charge is 0.238 e. The average molecular weight is 271 g/mol. The highest BCUT2D eigenvalue weighted by Gasteiger charge is 2.16. The zero-order valence-electron chi connectivity index (χ0n) is 10.3. The number of halogens is 2. The second kappa shape index (κ2) is 5.94. The molecule has 1 heterocycles. The van der Waals surface area contributed by atoms with Gasteiger partial charge >= 0.3 is 0 Å². The minimum atomic E-state index is -1.15. The van der Waals surface area contributed by atoms with Gasteiger partial charge in [-0.05, 0) is 12.1 Å². The van der Waals surface area contributed by atoms with Crippen molar-refractivity contribution in [2.45, 2.75) is 0 Å². The number of nitrogens with two attached hydrogens (primary N) is 1. The number of carbonyl (C=O) groups excluding carboxylic acids is 1. The van der Waals surface area contributed by atoms with Gasteiger partial charge in [0.05, 0.1) is 31.1 Å². The minimum Gasteiger partial charge on any atom is -0.395 e. The van der Waals surface area contributed by atoms with Gasteiger partial charge in [0.25, 0.3) is 0 Å². The highest BCUT2D eigenvalue weighted by Crippen LogP contribution is 2.23. The van der Waals surface area contributed by atoms with Crippen molar-refractivity contribution in [1.29, 1.82) is 0 Å². The second-order valence-corrected chi connectivity index (χ2v) is 4.26. The molecule has 0 spiro atoms. The van der Waals surface area contributed by atoms with E-state index in [0.29, 0.717) is 26.3 Å². The first-order chi connectivity index (χ1) is 9.08. The molecule has 0 aromatic heterocycles. The van der Waals surface area contributed by atoms with Gasteiger partial charge in [-0.25, -0.2) is 8.78 Å². The third-order valence-corrected chi connectivity index (χ3v) is 2.88. The van der Waals surface area contributed by atoms with Crippen LogP contribution in [0.3, 0.4) is 0 Å². The standard InChI is InChI=1S/C12H15F2N3O2/c13-8-1-2-9(12(15)11(8)14)16-10(18)7-17-3-5-19-6-4-17/h1-2H,3-7,15H2,(H,16,18). The van der Waals surface area contributed by atoms with Crippen LogP contribution >= 0.6 is 0 Å². The number of morpholine rings is 1. The van der Waals surface area contributed by atoms with E-state index in [1.54, 1.807) is 0 Å². The van der Waals surface area contributed by atoms with Crippen LogP contribution in [-0.4, -0.2) is 43.7 Å². The van der Waals surface area contributed by atoms with Crippen LogP contribution in [0.2, 0.25) is 0 Å². The Morgan fingerprint density at radius 3 is 2.74 bits per heavy atom. The molecule has 1 amide bonds. The van der Waals surface area contributed by atoms with Crippen molar-refractivity contribution in [3.05, 3.63) is 23.8 Å². The Bertz CT molecular complexity index is 476. The SMILES string of the molecule is Nc1c(NC(=O)CN2CCOCC2)ccc(F)c1F. The zero-order valence-corrected chi connectivity index (χ0v) is 10.3. The van der Waals surface area contributed by atoms with E-state index in [2.05, 4.69) is 5.32 Å². The third kappa shape index (κ3) is 3.39. The lowest BCUT2D eigenvalue weighted by Crippen LogP contribution is -2.41.